The summed E-state index contributed by atoms with van der Waals surface area (Å²) in [4.78, 5) is 9.52. The summed E-state index contributed by atoms with van der Waals surface area (Å²) in [6.45, 7) is 2.09. The molecule has 0 saturated carbocycles. The molecule has 0 unspecified atom stereocenters. The van der Waals surface area contributed by atoms with Gasteiger partial charge in [0.05, 0.1) is 0 Å². The Morgan fingerprint density at radius 2 is 1.14 bits per heavy atom. The van der Waals surface area contributed by atoms with E-state index in [1.165, 1.54) is 69.2 Å². The van der Waals surface area contributed by atoms with E-state index in [1.807, 2.05) is 72.3 Å². The van der Waals surface area contributed by atoms with E-state index in [4.69, 9.17) is 4.98 Å². The smallest absolute Gasteiger partial charge is 0.0318 e. The fourth-order valence-corrected chi connectivity index (χ4v) is 9.17. The minimum absolute atomic E-state index is 0. The number of thiophene rings is 1. The van der Waals surface area contributed by atoms with Crippen molar-refractivity contribution in [1.29, 1.82) is 0 Å². The van der Waals surface area contributed by atoms with Gasteiger partial charge in [-0.15, -0.1) is 59.7 Å². The summed E-state index contributed by atoms with van der Waals surface area (Å²) >= 11 is 1.85. The van der Waals surface area contributed by atoms with Crippen molar-refractivity contribution in [1.82, 2.24) is 9.97 Å². The number of hydrogen-bond acceptors (Lipinski definition) is 3. The molecule has 0 amide bonds. The van der Waals surface area contributed by atoms with Crippen LogP contribution in [0.2, 0.25) is 0 Å². The summed E-state index contributed by atoms with van der Waals surface area (Å²) in [7, 11) is 0. The molecule has 3 heterocycles. The molecule has 3 aromatic heterocycles. The average molecular weight is 923 g/mol. The first-order valence-corrected chi connectivity index (χ1v) is 19.6. The molecule has 8 aromatic carbocycles. The van der Waals surface area contributed by atoms with Crippen molar-refractivity contribution >= 4 is 63.8 Å². The summed E-state index contributed by atoms with van der Waals surface area (Å²) in [5.41, 5.74) is 9.91. The number of rotatable bonds is 4. The van der Waals surface area contributed by atoms with Crippen LogP contribution in [0.1, 0.15) is 5.56 Å². The third-order valence-electron chi connectivity index (χ3n) is 10.6. The van der Waals surface area contributed by atoms with Gasteiger partial charge in [-0.05, 0) is 83.0 Å². The van der Waals surface area contributed by atoms with Crippen molar-refractivity contribution < 1.29 is 20.1 Å². The van der Waals surface area contributed by atoms with Crippen LogP contribution in [0.3, 0.4) is 0 Å². The van der Waals surface area contributed by atoms with Crippen LogP contribution in [-0.2, 0) is 20.1 Å². The van der Waals surface area contributed by atoms with Crippen LogP contribution in [0.25, 0.3) is 97.3 Å². The molecule has 11 aromatic rings. The summed E-state index contributed by atoms with van der Waals surface area (Å²) in [5.74, 6) is 0. The van der Waals surface area contributed by atoms with E-state index in [0.717, 1.165) is 33.6 Å². The minimum atomic E-state index is 0. The largest absolute Gasteiger partial charge is 0.304 e. The molecule has 0 spiro atoms. The number of benzene rings is 8. The van der Waals surface area contributed by atoms with Gasteiger partial charge in [0.2, 0.25) is 0 Å². The zero-order chi connectivity index (χ0) is 37.4. The molecule has 0 atom stereocenters. The van der Waals surface area contributed by atoms with E-state index in [2.05, 4.69) is 151 Å². The van der Waals surface area contributed by atoms with E-state index >= 15 is 0 Å². The van der Waals surface area contributed by atoms with Gasteiger partial charge in [0.1, 0.15) is 0 Å². The molecule has 0 bridgehead atoms. The van der Waals surface area contributed by atoms with Crippen molar-refractivity contribution in [2.75, 3.05) is 0 Å². The van der Waals surface area contributed by atoms with Crippen LogP contribution in [0.5, 0.6) is 0 Å². The molecular weight excluding hydrogens is 889 g/mol. The van der Waals surface area contributed by atoms with Gasteiger partial charge in [-0.1, -0.05) is 150 Å². The van der Waals surface area contributed by atoms with Crippen molar-refractivity contribution in [3.63, 3.8) is 0 Å². The average Bonchev–Trinajstić information content (AvgIpc) is 3.66. The number of fused-ring (bicyclic) bond motifs is 8. The molecule has 0 fully saturated rings. The molecule has 4 heteroatoms. The summed E-state index contributed by atoms with van der Waals surface area (Å²) in [6.07, 6.45) is 3.93. The Bertz CT molecular complexity index is 3190. The predicted octanol–water partition coefficient (Wildman–Crippen LogP) is 14.6. The van der Waals surface area contributed by atoms with Gasteiger partial charge >= 0.3 is 0 Å². The molecule has 0 saturated heterocycles. The van der Waals surface area contributed by atoms with Crippen molar-refractivity contribution in [3.8, 4) is 44.8 Å². The number of hydrogen-bond donors (Lipinski definition) is 0. The quantitative estimate of drug-likeness (QED) is 0.130. The summed E-state index contributed by atoms with van der Waals surface area (Å²) < 4.78 is 2.56. The molecule has 2 nitrogen and oxygen atoms in total. The van der Waals surface area contributed by atoms with Gasteiger partial charge in [-0.25, -0.2) is 0 Å². The molecule has 0 N–H and O–H groups in total. The van der Waals surface area contributed by atoms with Crippen LogP contribution < -0.4 is 0 Å². The maximum Gasteiger partial charge on any atom is 0.0318 e. The second-order valence-corrected chi connectivity index (χ2v) is 15.0. The van der Waals surface area contributed by atoms with Crippen LogP contribution in [0.15, 0.2) is 188 Å². The van der Waals surface area contributed by atoms with Crippen LogP contribution in [0.4, 0.5) is 0 Å². The topological polar surface area (TPSA) is 25.8 Å². The zero-order valence-electron chi connectivity index (χ0n) is 31.0. The van der Waals surface area contributed by atoms with E-state index in [1.54, 1.807) is 0 Å². The van der Waals surface area contributed by atoms with Gasteiger partial charge in [0.15, 0.2) is 0 Å². The van der Waals surface area contributed by atoms with E-state index in [0.29, 0.717) is 0 Å². The number of nitrogens with zero attached hydrogens (tertiary/aromatic N) is 2. The fourth-order valence-electron chi connectivity index (χ4n) is 7.84. The molecule has 0 aliphatic rings. The fraction of sp³-hybridized carbons (Fsp3) is 0.0189. The van der Waals surface area contributed by atoms with E-state index in [9.17, 15) is 0 Å². The van der Waals surface area contributed by atoms with Gasteiger partial charge in [0.25, 0.3) is 0 Å². The molecule has 11 rings (SSSR count). The SMILES string of the molecule is Cc1cc(-c2ccccc2)cnc1-c1[c-]cccc1.[Ir].[c-]1ccc2c(sc3c2ccc2c4ccccc4ccc23)c1-c1ccc(-c2cccc3ccccc23)cn1. The molecule has 0 aliphatic heterocycles. The third-order valence-corrected chi connectivity index (χ3v) is 11.9. The number of aryl methyl sites for hydroxylation is 1. The molecule has 273 valence electrons. The molecule has 57 heavy (non-hydrogen) atoms. The summed E-state index contributed by atoms with van der Waals surface area (Å²) in [5, 5.41) is 10.2. The minimum Gasteiger partial charge on any atom is -0.304 e. The van der Waals surface area contributed by atoms with Crippen molar-refractivity contribution in [2.45, 2.75) is 6.92 Å². The summed E-state index contributed by atoms with van der Waals surface area (Å²) in [6, 6.07) is 68.4. The number of pyridine rings is 2. The van der Waals surface area contributed by atoms with Crippen LogP contribution in [0, 0.1) is 19.1 Å². The third kappa shape index (κ3) is 6.83. The maximum atomic E-state index is 4.93. The van der Waals surface area contributed by atoms with Gasteiger partial charge in [-0.2, -0.15) is 11.3 Å². The van der Waals surface area contributed by atoms with Crippen LogP contribution in [-0.4, -0.2) is 9.97 Å². The first-order valence-electron chi connectivity index (χ1n) is 18.8. The number of aromatic nitrogens is 2. The first-order chi connectivity index (χ1) is 27.7. The Balaban J connectivity index is 0.000000179. The Kier molecular flexibility index (Phi) is 10.0. The molecule has 1 radical (unpaired) electrons. The van der Waals surface area contributed by atoms with E-state index in [-0.39, 0.29) is 20.1 Å². The Labute approximate surface area is 349 Å². The van der Waals surface area contributed by atoms with Crippen molar-refractivity contribution in [3.05, 3.63) is 206 Å². The van der Waals surface area contributed by atoms with Crippen LogP contribution >= 0.6 is 11.3 Å². The maximum absolute atomic E-state index is 4.93. The Morgan fingerprint density at radius 3 is 1.93 bits per heavy atom. The Hall–Kier alpha value is -6.29. The predicted molar refractivity (Wildman–Crippen MR) is 238 cm³/mol. The van der Waals surface area contributed by atoms with Gasteiger partial charge in [-0.3, -0.25) is 0 Å². The monoisotopic (exact) mass is 923 g/mol. The molecular formula is C53H34IrN2S-2. The molecule has 0 aliphatic carbocycles. The normalized spacial score (nSPS) is 11.1. The second kappa shape index (κ2) is 15.7. The Morgan fingerprint density at radius 1 is 0.456 bits per heavy atom. The standard InChI is InChI=1S/C35H20NS.C18H14N.Ir/c1-3-10-25-22(7-1)9-5-12-27(25)24-16-20-33(36-21-24)32-14-6-13-29-31-19-18-28-26-11-4-2-8-23(26)15-17-30(28)34(31)37-35(29)32;1-14-12-17(15-8-4-2-5-9-15)13-19-18(14)16-10-6-3-7-11-16;/h1-13,15-21H;2-10,12-13H,1H3;/q2*-1;. The van der Waals surface area contributed by atoms with Gasteiger partial charge < -0.3 is 9.97 Å². The van der Waals surface area contributed by atoms with Crippen molar-refractivity contribution in [2.24, 2.45) is 0 Å². The van der Waals surface area contributed by atoms with E-state index < -0.39 is 0 Å². The second-order valence-electron chi connectivity index (χ2n) is 14.0. The zero-order valence-corrected chi connectivity index (χ0v) is 34.2. The van der Waals surface area contributed by atoms with Gasteiger partial charge in [0, 0.05) is 37.2 Å². The first kappa shape index (κ1) is 36.4.